The summed E-state index contributed by atoms with van der Waals surface area (Å²) >= 11 is 0. The van der Waals surface area contributed by atoms with E-state index in [9.17, 15) is 4.79 Å². The highest BCUT2D eigenvalue weighted by Gasteiger charge is 2.22. The fourth-order valence-electron chi connectivity index (χ4n) is 3.07. The second-order valence-corrected chi connectivity index (χ2v) is 5.74. The van der Waals surface area contributed by atoms with E-state index in [0.717, 1.165) is 37.2 Å². The summed E-state index contributed by atoms with van der Waals surface area (Å²) in [5, 5.41) is 0. The molecule has 0 unspecified atom stereocenters. The molecule has 3 nitrogen and oxygen atoms in total. The van der Waals surface area contributed by atoms with Crippen LogP contribution in [0.2, 0.25) is 0 Å². The van der Waals surface area contributed by atoms with Crippen molar-refractivity contribution in [3.05, 3.63) is 23.4 Å². The molecule has 112 valence electrons. The van der Waals surface area contributed by atoms with Crippen LogP contribution >= 0.6 is 0 Å². The summed E-state index contributed by atoms with van der Waals surface area (Å²) in [5.41, 5.74) is 1.91. The number of carbonyl (C=O) groups is 1. The molecule has 0 aromatic heterocycles. The topological polar surface area (TPSA) is 29.5 Å². The van der Waals surface area contributed by atoms with E-state index in [1.54, 1.807) is 0 Å². The lowest BCUT2D eigenvalue weighted by Gasteiger charge is -2.32. The van der Waals surface area contributed by atoms with Gasteiger partial charge in [0, 0.05) is 18.8 Å². The number of esters is 1. The molecule has 0 saturated carbocycles. The van der Waals surface area contributed by atoms with Gasteiger partial charge < -0.3 is 9.64 Å². The molecule has 0 aromatic carbocycles. The van der Waals surface area contributed by atoms with Crippen LogP contribution in [-0.4, -0.2) is 31.1 Å². The van der Waals surface area contributed by atoms with Gasteiger partial charge in [-0.2, -0.15) is 0 Å². The van der Waals surface area contributed by atoms with E-state index in [0.29, 0.717) is 0 Å². The summed E-state index contributed by atoms with van der Waals surface area (Å²) in [5.74, 6) is -0.178. The minimum Gasteiger partial charge on any atom is -0.465 e. The van der Waals surface area contributed by atoms with Crippen LogP contribution in [0.25, 0.3) is 0 Å². The Morgan fingerprint density at radius 2 is 1.55 bits per heavy atom. The number of carbonyl (C=O) groups excluding carboxylic acids is 1. The van der Waals surface area contributed by atoms with Gasteiger partial charge in [0.2, 0.25) is 0 Å². The van der Waals surface area contributed by atoms with E-state index in [-0.39, 0.29) is 5.97 Å². The van der Waals surface area contributed by atoms with Crippen LogP contribution in [0.1, 0.15) is 57.8 Å². The first-order valence-electron chi connectivity index (χ1n) is 8.07. The molecule has 0 spiro atoms. The molecule has 0 bridgehead atoms. The summed E-state index contributed by atoms with van der Waals surface area (Å²) in [6, 6.07) is 0. The standard InChI is InChI=1S/C17H27NO2/c1-20-17(19)15-11-7-4-2-3-5-8-12-16(15)18-13-9-6-10-14-18/h11-12H,2-10,13-14H2,1H3/b15-11+,16-12+. The van der Waals surface area contributed by atoms with Crippen LogP contribution in [0.5, 0.6) is 0 Å². The van der Waals surface area contributed by atoms with Crippen LogP contribution in [0, 0.1) is 0 Å². The first kappa shape index (κ1) is 15.1. The highest BCUT2D eigenvalue weighted by atomic mass is 16.5. The smallest absolute Gasteiger partial charge is 0.339 e. The largest absolute Gasteiger partial charge is 0.465 e. The Morgan fingerprint density at radius 1 is 0.950 bits per heavy atom. The number of hydrogen-bond acceptors (Lipinski definition) is 3. The molecule has 2 rings (SSSR count). The lowest BCUT2D eigenvalue weighted by molar-refractivity contribution is -0.136. The lowest BCUT2D eigenvalue weighted by Crippen LogP contribution is -2.31. The van der Waals surface area contributed by atoms with Gasteiger partial charge in [0.1, 0.15) is 0 Å². The van der Waals surface area contributed by atoms with Crippen molar-refractivity contribution in [1.82, 2.24) is 4.90 Å². The first-order valence-corrected chi connectivity index (χ1v) is 8.07. The highest BCUT2D eigenvalue weighted by molar-refractivity contribution is 5.93. The van der Waals surface area contributed by atoms with Crippen molar-refractivity contribution in [2.24, 2.45) is 0 Å². The second kappa shape index (κ2) is 8.13. The summed E-state index contributed by atoms with van der Waals surface area (Å²) in [6.07, 6.45) is 15.1. The van der Waals surface area contributed by atoms with Gasteiger partial charge in [-0.25, -0.2) is 4.79 Å². The molecule has 3 heteroatoms. The average molecular weight is 277 g/mol. The van der Waals surface area contributed by atoms with E-state index >= 15 is 0 Å². The quantitative estimate of drug-likeness (QED) is 0.719. The maximum Gasteiger partial charge on any atom is 0.339 e. The first-order chi connectivity index (χ1) is 9.83. The van der Waals surface area contributed by atoms with E-state index in [4.69, 9.17) is 4.74 Å². The Balaban J connectivity index is 2.23. The van der Waals surface area contributed by atoms with Crippen molar-refractivity contribution < 1.29 is 9.53 Å². The third-order valence-corrected chi connectivity index (χ3v) is 4.22. The number of hydrogen-bond donors (Lipinski definition) is 0. The van der Waals surface area contributed by atoms with Crippen molar-refractivity contribution in [1.29, 1.82) is 0 Å². The summed E-state index contributed by atoms with van der Waals surface area (Å²) in [7, 11) is 1.48. The fraction of sp³-hybridized carbons (Fsp3) is 0.706. The zero-order chi connectivity index (χ0) is 14.2. The summed E-state index contributed by atoms with van der Waals surface area (Å²) in [6.45, 7) is 2.14. The highest BCUT2D eigenvalue weighted by Crippen LogP contribution is 2.25. The van der Waals surface area contributed by atoms with E-state index < -0.39 is 0 Å². The third kappa shape index (κ3) is 4.12. The molecule has 0 N–H and O–H groups in total. The molecule has 20 heavy (non-hydrogen) atoms. The Labute approximate surface area is 122 Å². The number of allylic oxidation sites excluding steroid dienone is 2. The monoisotopic (exact) mass is 277 g/mol. The SMILES string of the molecule is COC(=O)C1=C/CCCCCC/C=C\1N1CCCCC1. The van der Waals surface area contributed by atoms with Gasteiger partial charge >= 0.3 is 5.97 Å². The molecule has 0 aromatic rings. The molecule has 1 aliphatic heterocycles. The maximum absolute atomic E-state index is 12.1. The Kier molecular flexibility index (Phi) is 6.16. The number of nitrogens with zero attached hydrogens (tertiary/aromatic N) is 1. The molecule has 1 saturated heterocycles. The Bertz CT molecular complexity index is 378. The van der Waals surface area contributed by atoms with Crippen molar-refractivity contribution in [2.75, 3.05) is 20.2 Å². The van der Waals surface area contributed by atoms with Crippen LogP contribution in [-0.2, 0) is 9.53 Å². The predicted octanol–water partition coefficient (Wildman–Crippen LogP) is 3.81. The van der Waals surface area contributed by atoms with Crippen LogP contribution in [0.3, 0.4) is 0 Å². The molecular weight excluding hydrogens is 250 g/mol. The van der Waals surface area contributed by atoms with Gasteiger partial charge in [-0.15, -0.1) is 0 Å². The maximum atomic E-state index is 12.1. The molecule has 1 aliphatic carbocycles. The molecule has 0 atom stereocenters. The van der Waals surface area contributed by atoms with E-state index in [2.05, 4.69) is 17.1 Å². The molecular formula is C17H27NO2. The van der Waals surface area contributed by atoms with Crippen LogP contribution in [0.15, 0.2) is 23.4 Å². The van der Waals surface area contributed by atoms with Crippen LogP contribution in [0.4, 0.5) is 0 Å². The number of rotatable bonds is 2. The minimum absolute atomic E-state index is 0.178. The van der Waals surface area contributed by atoms with Crippen molar-refractivity contribution >= 4 is 5.97 Å². The average Bonchev–Trinajstić information content (AvgIpc) is 2.52. The number of likely N-dealkylation sites (tertiary alicyclic amines) is 1. The molecule has 2 aliphatic rings. The Morgan fingerprint density at radius 3 is 2.20 bits per heavy atom. The lowest BCUT2D eigenvalue weighted by atomic mass is 10.0. The van der Waals surface area contributed by atoms with Gasteiger partial charge in [0.25, 0.3) is 0 Å². The van der Waals surface area contributed by atoms with Crippen LogP contribution < -0.4 is 0 Å². The molecule has 1 fully saturated rings. The molecule has 1 heterocycles. The fourth-order valence-corrected chi connectivity index (χ4v) is 3.07. The normalized spacial score (nSPS) is 26.9. The summed E-state index contributed by atoms with van der Waals surface area (Å²) in [4.78, 5) is 14.5. The van der Waals surface area contributed by atoms with Crippen molar-refractivity contribution in [3.63, 3.8) is 0 Å². The number of piperidine rings is 1. The van der Waals surface area contributed by atoms with Gasteiger partial charge in [0.15, 0.2) is 0 Å². The molecule has 0 radical (unpaired) electrons. The van der Waals surface area contributed by atoms with Gasteiger partial charge in [-0.3, -0.25) is 0 Å². The predicted molar refractivity (Wildman–Crippen MR) is 81.3 cm³/mol. The zero-order valence-electron chi connectivity index (χ0n) is 12.7. The van der Waals surface area contributed by atoms with Crippen molar-refractivity contribution in [3.8, 4) is 0 Å². The zero-order valence-corrected chi connectivity index (χ0v) is 12.7. The van der Waals surface area contributed by atoms with E-state index in [1.165, 1.54) is 52.1 Å². The second-order valence-electron chi connectivity index (χ2n) is 5.74. The number of methoxy groups -OCH3 is 1. The minimum atomic E-state index is -0.178. The van der Waals surface area contributed by atoms with Gasteiger partial charge in [-0.1, -0.05) is 25.0 Å². The summed E-state index contributed by atoms with van der Waals surface area (Å²) < 4.78 is 5.00. The van der Waals surface area contributed by atoms with E-state index in [1.807, 2.05) is 0 Å². The third-order valence-electron chi connectivity index (χ3n) is 4.22. The van der Waals surface area contributed by atoms with Gasteiger partial charge in [0.05, 0.1) is 12.7 Å². The molecule has 0 amide bonds. The Hall–Kier alpha value is -1.25. The number of ether oxygens (including phenoxy) is 1. The van der Waals surface area contributed by atoms with Gasteiger partial charge in [-0.05, 0) is 44.9 Å². The van der Waals surface area contributed by atoms with Crippen molar-refractivity contribution in [2.45, 2.75) is 57.8 Å².